The first kappa shape index (κ1) is 16.2. The van der Waals surface area contributed by atoms with Gasteiger partial charge in [0.2, 0.25) is 0 Å². The summed E-state index contributed by atoms with van der Waals surface area (Å²) in [5.41, 5.74) is 0. The summed E-state index contributed by atoms with van der Waals surface area (Å²) in [4.78, 5) is 4.08. The van der Waals surface area contributed by atoms with Crippen molar-refractivity contribution in [3.05, 3.63) is 11.6 Å². The third-order valence-electron chi connectivity index (χ3n) is 2.81. The molecule has 9 heteroatoms. The van der Waals surface area contributed by atoms with Gasteiger partial charge in [-0.05, 0) is 6.42 Å². The predicted molar refractivity (Wildman–Crippen MR) is 62.9 cm³/mol. The van der Waals surface area contributed by atoms with Crippen LogP contribution >= 0.6 is 12.4 Å². The van der Waals surface area contributed by atoms with Crippen LogP contribution in [0.2, 0.25) is 0 Å². The number of aromatic nitrogens is 3. The van der Waals surface area contributed by atoms with Crippen molar-refractivity contribution in [2.24, 2.45) is 0 Å². The summed E-state index contributed by atoms with van der Waals surface area (Å²) in [7, 11) is 0. The van der Waals surface area contributed by atoms with Gasteiger partial charge in [-0.2, -0.15) is 18.3 Å². The Balaban J connectivity index is 0.00000180. The topological polar surface area (TPSA) is 53.6 Å². The Kier molecular flexibility index (Phi) is 5.54. The number of alkyl halides is 4. The lowest BCUT2D eigenvalue weighted by atomic mass is 10.2. The fourth-order valence-electron chi connectivity index (χ4n) is 1.92. The van der Waals surface area contributed by atoms with E-state index < -0.39 is 18.8 Å². The highest BCUT2D eigenvalue weighted by atomic mass is 35.5. The SMILES string of the molecule is Cl.F[C@H]1CN[C@H](c2n[nH]c(CCCC(F)(F)F)n2)C1. The van der Waals surface area contributed by atoms with Gasteiger partial charge in [0.1, 0.15) is 12.0 Å². The van der Waals surface area contributed by atoms with Crippen molar-refractivity contribution in [1.29, 1.82) is 0 Å². The van der Waals surface area contributed by atoms with Crippen molar-refractivity contribution in [1.82, 2.24) is 20.5 Å². The zero-order chi connectivity index (χ0) is 13.2. The molecule has 0 saturated carbocycles. The van der Waals surface area contributed by atoms with E-state index in [4.69, 9.17) is 0 Å². The molecule has 2 heterocycles. The van der Waals surface area contributed by atoms with Crippen molar-refractivity contribution in [2.75, 3.05) is 6.54 Å². The monoisotopic (exact) mass is 302 g/mol. The Morgan fingerprint density at radius 1 is 1.32 bits per heavy atom. The van der Waals surface area contributed by atoms with Crippen LogP contribution in [0.5, 0.6) is 0 Å². The number of aromatic amines is 1. The van der Waals surface area contributed by atoms with Gasteiger partial charge >= 0.3 is 6.18 Å². The van der Waals surface area contributed by atoms with Gasteiger partial charge in [-0.3, -0.25) is 5.10 Å². The van der Waals surface area contributed by atoms with Gasteiger partial charge in [0.15, 0.2) is 5.82 Å². The van der Waals surface area contributed by atoms with Crippen molar-refractivity contribution < 1.29 is 17.6 Å². The van der Waals surface area contributed by atoms with Crippen LogP contribution in [0.4, 0.5) is 17.6 Å². The van der Waals surface area contributed by atoms with E-state index in [9.17, 15) is 17.6 Å². The quantitative estimate of drug-likeness (QED) is 0.840. The number of rotatable bonds is 4. The molecule has 0 aliphatic carbocycles. The lowest BCUT2D eigenvalue weighted by Gasteiger charge is -2.04. The molecule has 0 bridgehead atoms. The number of hydrogen-bond donors (Lipinski definition) is 2. The highest BCUT2D eigenvalue weighted by molar-refractivity contribution is 5.85. The molecule has 2 N–H and O–H groups in total. The van der Waals surface area contributed by atoms with Crippen molar-refractivity contribution in [3.8, 4) is 0 Å². The summed E-state index contributed by atoms with van der Waals surface area (Å²) in [5, 5.41) is 9.41. The van der Waals surface area contributed by atoms with E-state index in [1.54, 1.807) is 0 Å². The van der Waals surface area contributed by atoms with Crippen LogP contribution in [0.15, 0.2) is 0 Å². The van der Waals surface area contributed by atoms with Gasteiger partial charge in [0.05, 0.1) is 6.04 Å². The third-order valence-corrected chi connectivity index (χ3v) is 2.81. The molecule has 1 aliphatic rings. The van der Waals surface area contributed by atoms with Gasteiger partial charge in [-0.15, -0.1) is 12.4 Å². The second kappa shape index (κ2) is 6.51. The first-order chi connectivity index (χ1) is 8.44. The Hall–Kier alpha value is -0.890. The maximum atomic E-state index is 12.9. The summed E-state index contributed by atoms with van der Waals surface area (Å²) in [6, 6.07) is -0.243. The Labute approximate surface area is 113 Å². The summed E-state index contributed by atoms with van der Waals surface area (Å²) in [6.07, 6.45) is -5.42. The van der Waals surface area contributed by atoms with Crippen LogP contribution in [0.1, 0.15) is 37.0 Å². The number of nitrogens with one attached hydrogen (secondary N) is 2. The van der Waals surface area contributed by atoms with E-state index in [1.165, 1.54) is 0 Å². The Morgan fingerprint density at radius 3 is 2.63 bits per heavy atom. The van der Waals surface area contributed by atoms with Crippen LogP contribution in [-0.4, -0.2) is 34.1 Å². The van der Waals surface area contributed by atoms with Crippen LogP contribution in [0.3, 0.4) is 0 Å². The molecule has 0 aromatic carbocycles. The molecular weight excluding hydrogens is 288 g/mol. The molecule has 1 aromatic heterocycles. The number of aryl methyl sites for hydroxylation is 1. The van der Waals surface area contributed by atoms with Gasteiger partial charge in [-0.1, -0.05) is 0 Å². The maximum Gasteiger partial charge on any atom is 0.389 e. The second-order valence-electron chi connectivity index (χ2n) is 4.40. The standard InChI is InChI=1S/C10H14F4N4.ClH/c11-6-4-7(15-5-6)9-16-8(17-18-9)2-1-3-10(12,13)14;/h6-7,15H,1-5H2,(H,16,17,18);1H/t6-,7+;/m1./s1. The van der Waals surface area contributed by atoms with Crippen molar-refractivity contribution in [3.63, 3.8) is 0 Å². The Morgan fingerprint density at radius 2 is 2.05 bits per heavy atom. The second-order valence-corrected chi connectivity index (χ2v) is 4.40. The van der Waals surface area contributed by atoms with E-state index in [-0.39, 0.29) is 37.8 Å². The smallest absolute Gasteiger partial charge is 0.304 e. The van der Waals surface area contributed by atoms with Gasteiger partial charge in [0, 0.05) is 25.8 Å². The number of hydrogen-bond acceptors (Lipinski definition) is 3. The molecule has 4 nitrogen and oxygen atoms in total. The van der Waals surface area contributed by atoms with Crippen LogP contribution in [0, 0.1) is 0 Å². The maximum absolute atomic E-state index is 12.9. The van der Waals surface area contributed by atoms with E-state index in [0.717, 1.165) is 0 Å². The molecule has 2 atom stereocenters. The van der Waals surface area contributed by atoms with E-state index >= 15 is 0 Å². The number of H-pyrrole nitrogens is 1. The molecule has 0 spiro atoms. The summed E-state index contributed by atoms with van der Waals surface area (Å²) in [6.45, 7) is 0.266. The van der Waals surface area contributed by atoms with Crippen molar-refractivity contribution >= 4 is 12.4 Å². The van der Waals surface area contributed by atoms with E-state index in [1.807, 2.05) is 0 Å². The third kappa shape index (κ3) is 4.94. The summed E-state index contributed by atoms with van der Waals surface area (Å²) in [5.74, 6) is 0.843. The highest BCUT2D eigenvalue weighted by Crippen LogP contribution is 2.24. The number of nitrogens with zero attached hydrogens (tertiary/aromatic N) is 2. The number of halogens is 5. The minimum Gasteiger partial charge on any atom is -0.304 e. The molecule has 0 amide bonds. The zero-order valence-corrected chi connectivity index (χ0v) is 10.8. The largest absolute Gasteiger partial charge is 0.389 e. The van der Waals surface area contributed by atoms with Crippen LogP contribution < -0.4 is 5.32 Å². The first-order valence-electron chi connectivity index (χ1n) is 5.79. The zero-order valence-electron chi connectivity index (χ0n) is 10.0. The van der Waals surface area contributed by atoms with Gasteiger partial charge in [0.25, 0.3) is 0 Å². The van der Waals surface area contributed by atoms with E-state index in [0.29, 0.717) is 18.1 Å². The molecule has 110 valence electrons. The molecule has 0 radical (unpaired) electrons. The molecular formula is C10H15ClF4N4. The van der Waals surface area contributed by atoms with Crippen molar-refractivity contribution in [2.45, 2.75) is 44.1 Å². The minimum atomic E-state index is -4.14. The normalized spacial score (nSPS) is 23.4. The fourth-order valence-corrected chi connectivity index (χ4v) is 1.92. The molecule has 19 heavy (non-hydrogen) atoms. The molecule has 1 aromatic rings. The van der Waals surface area contributed by atoms with Gasteiger partial charge < -0.3 is 5.32 Å². The minimum absolute atomic E-state index is 0. The molecule has 1 aliphatic heterocycles. The fraction of sp³-hybridized carbons (Fsp3) is 0.800. The summed E-state index contributed by atoms with van der Waals surface area (Å²) < 4.78 is 48.8. The van der Waals surface area contributed by atoms with Gasteiger partial charge in [-0.25, -0.2) is 9.37 Å². The highest BCUT2D eigenvalue weighted by Gasteiger charge is 2.28. The molecule has 2 rings (SSSR count). The predicted octanol–water partition coefficient (Wildman–Crippen LogP) is 2.48. The first-order valence-corrected chi connectivity index (χ1v) is 5.79. The van der Waals surface area contributed by atoms with Crippen LogP contribution in [0.25, 0.3) is 0 Å². The van der Waals surface area contributed by atoms with E-state index in [2.05, 4.69) is 20.5 Å². The Bertz CT molecular complexity index is 395. The average molecular weight is 303 g/mol. The molecule has 0 unspecified atom stereocenters. The lowest BCUT2D eigenvalue weighted by molar-refractivity contribution is -0.135. The average Bonchev–Trinajstić information content (AvgIpc) is 2.85. The lowest BCUT2D eigenvalue weighted by Crippen LogP contribution is -2.15. The summed E-state index contributed by atoms with van der Waals surface area (Å²) >= 11 is 0. The van der Waals surface area contributed by atoms with Crippen LogP contribution in [-0.2, 0) is 6.42 Å². The molecule has 1 fully saturated rings. The molecule has 1 saturated heterocycles.